The van der Waals surface area contributed by atoms with Gasteiger partial charge < -0.3 is 0 Å². The Morgan fingerprint density at radius 1 is 1.38 bits per heavy atom. The van der Waals surface area contributed by atoms with Crippen molar-refractivity contribution >= 4 is 33.6 Å². The maximum absolute atomic E-state index is 12.4. The van der Waals surface area contributed by atoms with Crippen LogP contribution in [-0.2, 0) is 6.18 Å². The highest BCUT2D eigenvalue weighted by Crippen LogP contribution is 2.29. The molecule has 16 heavy (non-hydrogen) atoms. The zero-order valence-electron chi connectivity index (χ0n) is 8.06. The lowest BCUT2D eigenvalue weighted by Gasteiger charge is -2.06. The molecule has 1 aromatic heterocycles. The quantitative estimate of drug-likeness (QED) is 0.589. The highest BCUT2D eigenvalue weighted by atomic mass is 79.9. The Morgan fingerprint density at radius 2 is 2.06 bits per heavy atom. The Kier molecular flexibility index (Phi) is 4.80. The fraction of sp³-hybridized carbons (Fsp3) is 0.300. The Balaban J connectivity index is 2.99. The van der Waals surface area contributed by atoms with Crippen molar-refractivity contribution in [3.05, 3.63) is 34.6 Å². The average molecular weight is 315 g/mol. The third-order valence-electron chi connectivity index (χ3n) is 1.69. The molecule has 0 spiro atoms. The second-order valence-electron chi connectivity index (χ2n) is 2.99. The molecule has 0 aliphatic carbocycles. The number of rotatable bonds is 3. The molecule has 0 N–H and O–H groups in total. The van der Waals surface area contributed by atoms with Crippen molar-refractivity contribution in [3.8, 4) is 0 Å². The van der Waals surface area contributed by atoms with Crippen LogP contribution in [0, 0.1) is 0 Å². The summed E-state index contributed by atoms with van der Waals surface area (Å²) in [6.07, 6.45) is -0.380. The van der Waals surface area contributed by atoms with Gasteiger partial charge in [0.25, 0.3) is 0 Å². The first-order chi connectivity index (χ1) is 7.43. The lowest BCUT2D eigenvalue weighted by atomic mass is 10.2. The molecule has 1 aromatic rings. The van der Waals surface area contributed by atoms with Gasteiger partial charge in [0.15, 0.2) is 0 Å². The molecular weight excluding hydrogens is 306 g/mol. The van der Waals surface area contributed by atoms with Crippen molar-refractivity contribution < 1.29 is 13.2 Å². The van der Waals surface area contributed by atoms with Crippen LogP contribution in [0.25, 0.3) is 6.08 Å². The largest absolute Gasteiger partial charge is 0.433 e. The number of allylic oxidation sites excluding steroid dienone is 1. The van der Waals surface area contributed by atoms with Crippen molar-refractivity contribution in [2.75, 3.05) is 5.33 Å². The summed E-state index contributed by atoms with van der Waals surface area (Å²) in [5, 5.41) is 0.599. The molecule has 0 aliphatic heterocycles. The second kappa shape index (κ2) is 5.68. The van der Waals surface area contributed by atoms with E-state index in [0.29, 0.717) is 5.56 Å². The van der Waals surface area contributed by atoms with Crippen molar-refractivity contribution in [1.29, 1.82) is 0 Å². The van der Waals surface area contributed by atoms with Gasteiger partial charge in [0.2, 0.25) is 0 Å². The standard InChI is InChI=1S/C10H8BrClF3N/c11-4-2-1-3-7-5-8(10(13,14)15)16-9(12)6-7/h1,3,5-6H,2,4H2. The number of halogens is 5. The van der Waals surface area contributed by atoms with Gasteiger partial charge in [-0.25, -0.2) is 4.98 Å². The minimum atomic E-state index is -4.47. The molecule has 0 atom stereocenters. The van der Waals surface area contributed by atoms with E-state index in [9.17, 15) is 13.2 Å². The summed E-state index contributed by atoms with van der Waals surface area (Å²) in [5.74, 6) is 0. The van der Waals surface area contributed by atoms with E-state index in [-0.39, 0.29) is 5.15 Å². The number of pyridine rings is 1. The molecule has 1 rings (SSSR count). The van der Waals surface area contributed by atoms with Gasteiger partial charge >= 0.3 is 6.18 Å². The molecule has 0 amide bonds. The molecule has 0 aliphatic rings. The minimum absolute atomic E-state index is 0.159. The Labute approximate surface area is 104 Å². The molecule has 88 valence electrons. The number of hydrogen-bond acceptors (Lipinski definition) is 1. The molecule has 6 heteroatoms. The summed E-state index contributed by atoms with van der Waals surface area (Å²) >= 11 is 8.73. The average Bonchev–Trinajstić information content (AvgIpc) is 2.16. The van der Waals surface area contributed by atoms with Gasteiger partial charge in [0.1, 0.15) is 10.8 Å². The third-order valence-corrected chi connectivity index (χ3v) is 2.34. The van der Waals surface area contributed by atoms with E-state index in [4.69, 9.17) is 11.6 Å². The van der Waals surface area contributed by atoms with Gasteiger partial charge in [-0.2, -0.15) is 13.2 Å². The van der Waals surface area contributed by atoms with E-state index in [0.717, 1.165) is 17.8 Å². The van der Waals surface area contributed by atoms with Gasteiger partial charge in [-0.3, -0.25) is 0 Å². The Hall–Kier alpha value is -0.550. The molecule has 0 saturated heterocycles. The van der Waals surface area contributed by atoms with E-state index < -0.39 is 11.9 Å². The number of hydrogen-bond donors (Lipinski definition) is 0. The van der Waals surface area contributed by atoms with Gasteiger partial charge in [-0.05, 0) is 24.1 Å². The van der Waals surface area contributed by atoms with Gasteiger partial charge in [0.05, 0.1) is 0 Å². The van der Waals surface area contributed by atoms with Crippen molar-refractivity contribution in [2.24, 2.45) is 0 Å². The van der Waals surface area contributed by atoms with Crippen molar-refractivity contribution in [1.82, 2.24) is 4.98 Å². The monoisotopic (exact) mass is 313 g/mol. The number of aromatic nitrogens is 1. The first kappa shape index (κ1) is 13.5. The maximum Gasteiger partial charge on any atom is 0.433 e. The first-order valence-electron chi connectivity index (χ1n) is 4.41. The van der Waals surface area contributed by atoms with Crippen LogP contribution in [0.4, 0.5) is 13.2 Å². The van der Waals surface area contributed by atoms with Crippen LogP contribution in [0.15, 0.2) is 18.2 Å². The predicted octanol–water partition coefficient (Wildman–Crippen LogP) is 4.55. The predicted molar refractivity (Wildman–Crippen MR) is 61.7 cm³/mol. The molecule has 0 fully saturated rings. The fourth-order valence-corrected chi connectivity index (χ4v) is 1.52. The van der Waals surface area contributed by atoms with E-state index >= 15 is 0 Å². The fourth-order valence-electron chi connectivity index (χ4n) is 1.04. The van der Waals surface area contributed by atoms with Crippen LogP contribution < -0.4 is 0 Å². The lowest BCUT2D eigenvalue weighted by Crippen LogP contribution is -2.08. The van der Waals surface area contributed by atoms with Crippen LogP contribution >= 0.6 is 27.5 Å². The van der Waals surface area contributed by atoms with Crippen molar-refractivity contribution in [2.45, 2.75) is 12.6 Å². The van der Waals surface area contributed by atoms with E-state index in [1.54, 1.807) is 12.2 Å². The summed E-state index contributed by atoms with van der Waals surface area (Å²) in [5.41, 5.74) is -0.577. The van der Waals surface area contributed by atoms with Gasteiger partial charge in [-0.1, -0.05) is 39.7 Å². The molecule has 0 radical (unpaired) electrons. The zero-order valence-corrected chi connectivity index (χ0v) is 10.4. The smallest absolute Gasteiger partial charge is 0.232 e. The lowest BCUT2D eigenvalue weighted by molar-refractivity contribution is -0.141. The van der Waals surface area contributed by atoms with E-state index in [2.05, 4.69) is 20.9 Å². The molecule has 0 saturated carbocycles. The maximum atomic E-state index is 12.4. The summed E-state index contributed by atoms with van der Waals surface area (Å²) in [6.45, 7) is 0. The summed E-state index contributed by atoms with van der Waals surface area (Å²) in [4.78, 5) is 3.23. The summed E-state index contributed by atoms with van der Waals surface area (Å²) < 4.78 is 37.2. The number of nitrogens with zero attached hydrogens (tertiary/aromatic N) is 1. The number of alkyl halides is 4. The normalized spacial score (nSPS) is 12.3. The first-order valence-corrected chi connectivity index (χ1v) is 5.90. The highest BCUT2D eigenvalue weighted by Gasteiger charge is 2.32. The zero-order chi connectivity index (χ0) is 12.2. The third kappa shape index (κ3) is 4.14. The Morgan fingerprint density at radius 3 is 2.62 bits per heavy atom. The molecule has 0 aromatic carbocycles. The van der Waals surface area contributed by atoms with Gasteiger partial charge in [0, 0.05) is 5.33 Å². The van der Waals surface area contributed by atoms with Crippen LogP contribution in [-0.4, -0.2) is 10.3 Å². The summed E-state index contributed by atoms with van der Waals surface area (Å²) in [7, 11) is 0. The van der Waals surface area contributed by atoms with Crippen LogP contribution in [0.5, 0.6) is 0 Å². The van der Waals surface area contributed by atoms with Crippen molar-refractivity contribution in [3.63, 3.8) is 0 Å². The summed E-state index contributed by atoms with van der Waals surface area (Å²) in [6, 6.07) is 2.36. The topological polar surface area (TPSA) is 12.9 Å². The van der Waals surface area contributed by atoms with Gasteiger partial charge in [-0.15, -0.1) is 0 Å². The second-order valence-corrected chi connectivity index (χ2v) is 4.17. The SMILES string of the molecule is FC(F)(F)c1cc(C=CCCBr)cc(Cl)n1. The highest BCUT2D eigenvalue weighted by molar-refractivity contribution is 9.09. The molecule has 0 unspecified atom stereocenters. The van der Waals surface area contributed by atoms with Crippen LogP contribution in [0.1, 0.15) is 17.7 Å². The molecule has 1 heterocycles. The van der Waals surface area contributed by atoms with Crippen LogP contribution in [0.3, 0.4) is 0 Å². The van der Waals surface area contributed by atoms with Crippen LogP contribution in [0.2, 0.25) is 5.15 Å². The molecule has 0 bridgehead atoms. The Bertz CT molecular complexity index is 390. The molecular formula is C10H8BrClF3N. The van der Waals surface area contributed by atoms with E-state index in [1.165, 1.54) is 6.07 Å². The van der Waals surface area contributed by atoms with E-state index in [1.807, 2.05) is 0 Å². The molecule has 1 nitrogen and oxygen atoms in total. The minimum Gasteiger partial charge on any atom is -0.232 e.